The fourth-order valence-electron chi connectivity index (χ4n) is 3.15. The zero-order valence-electron chi connectivity index (χ0n) is 13.5. The second kappa shape index (κ2) is 7.42. The molecule has 1 amide bonds. The van der Waals surface area contributed by atoms with Gasteiger partial charge >= 0.3 is 0 Å². The van der Waals surface area contributed by atoms with Crippen molar-refractivity contribution in [2.24, 2.45) is 0 Å². The first-order valence-corrected chi connectivity index (χ1v) is 8.36. The summed E-state index contributed by atoms with van der Waals surface area (Å²) in [5.74, 6) is 0.767. The zero-order valence-corrected chi connectivity index (χ0v) is 13.5. The first-order chi connectivity index (χ1) is 11.2. The molecule has 1 saturated carbocycles. The monoisotopic (exact) mass is 312 g/mol. The third-order valence-corrected chi connectivity index (χ3v) is 4.48. The molecule has 23 heavy (non-hydrogen) atoms. The Kier molecular flexibility index (Phi) is 5.08. The van der Waals surface area contributed by atoms with Gasteiger partial charge in [-0.2, -0.15) is 5.10 Å². The van der Waals surface area contributed by atoms with E-state index in [1.807, 2.05) is 28.9 Å². The molecular weight excluding hydrogens is 288 g/mol. The number of amides is 1. The first-order valence-electron chi connectivity index (χ1n) is 8.36. The average Bonchev–Trinajstić information content (AvgIpc) is 3.24. The molecule has 0 aliphatic heterocycles. The van der Waals surface area contributed by atoms with Crippen molar-refractivity contribution in [1.82, 2.24) is 15.1 Å². The van der Waals surface area contributed by atoms with Crippen LogP contribution in [-0.2, 0) is 4.79 Å². The van der Waals surface area contributed by atoms with Crippen LogP contribution in [0.25, 0.3) is 0 Å². The number of carbonyl (C=O) groups excluding carboxylic acids is 1. The average molecular weight is 312 g/mol. The summed E-state index contributed by atoms with van der Waals surface area (Å²) in [5, 5.41) is 10.6. The van der Waals surface area contributed by atoms with Gasteiger partial charge in [0, 0.05) is 12.1 Å². The molecule has 2 aromatic rings. The highest BCUT2D eigenvalue weighted by Gasteiger charge is 2.20. The minimum absolute atomic E-state index is 0.0347. The van der Waals surface area contributed by atoms with Crippen molar-refractivity contribution in [2.45, 2.75) is 44.7 Å². The van der Waals surface area contributed by atoms with Crippen molar-refractivity contribution in [3.05, 3.63) is 48.2 Å². The molecule has 0 bridgehead atoms. The second-order valence-corrected chi connectivity index (χ2v) is 6.16. The van der Waals surface area contributed by atoms with Crippen LogP contribution in [0.2, 0.25) is 0 Å². The van der Waals surface area contributed by atoms with Crippen LogP contribution in [0.3, 0.4) is 0 Å². The molecule has 2 N–H and O–H groups in total. The molecule has 1 heterocycles. The van der Waals surface area contributed by atoms with E-state index < -0.39 is 0 Å². The predicted octanol–water partition coefficient (Wildman–Crippen LogP) is 3.29. The molecule has 1 aromatic heterocycles. The molecule has 0 radical (unpaired) electrons. The minimum Gasteiger partial charge on any atom is -0.310 e. The molecule has 122 valence electrons. The molecule has 5 heteroatoms. The smallest absolute Gasteiger partial charge is 0.239 e. The number of aromatic nitrogens is 2. The van der Waals surface area contributed by atoms with Crippen LogP contribution < -0.4 is 10.6 Å². The predicted molar refractivity (Wildman–Crippen MR) is 91.2 cm³/mol. The van der Waals surface area contributed by atoms with Crippen molar-refractivity contribution in [2.75, 3.05) is 11.9 Å². The largest absolute Gasteiger partial charge is 0.310 e. The van der Waals surface area contributed by atoms with E-state index in [4.69, 9.17) is 0 Å². The van der Waals surface area contributed by atoms with E-state index in [-0.39, 0.29) is 18.5 Å². The van der Waals surface area contributed by atoms with Crippen LogP contribution in [0, 0.1) is 0 Å². The Bertz CT molecular complexity index is 631. The van der Waals surface area contributed by atoms with Crippen molar-refractivity contribution in [1.29, 1.82) is 0 Å². The molecule has 0 saturated heterocycles. The summed E-state index contributed by atoms with van der Waals surface area (Å²) >= 11 is 0. The highest BCUT2D eigenvalue weighted by atomic mass is 16.2. The van der Waals surface area contributed by atoms with Crippen LogP contribution >= 0.6 is 0 Å². The van der Waals surface area contributed by atoms with Crippen molar-refractivity contribution in [3.63, 3.8) is 0 Å². The summed E-state index contributed by atoms with van der Waals surface area (Å²) in [4.78, 5) is 12.2. The van der Waals surface area contributed by atoms with Gasteiger partial charge in [0.2, 0.25) is 5.91 Å². The Morgan fingerprint density at radius 1 is 1.26 bits per heavy atom. The maximum Gasteiger partial charge on any atom is 0.239 e. The lowest BCUT2D eigenvalue weighted by molar-refractivity contribution is -0.115. The number of nitrogens with one attached hydrogen (secondary N) is 2. The van der Waals surface area contributed by atoms with Crippen LogP contribution in [0.15, 0.2) is 42.6 Å². The van der Waals surface area contributed by atoms with Crippen LogP contribution in [0.1, 0.15) is 50.3 Å². The van der Waals surface area contributed by atoms with Crippen LogP contribution in [0.4, 0.5) is 5.82 Å². The molecule has 0 spiro atoms. The number of hydrogen-bond acceptors (Lipinski definition) is 3. The number of anilines is 1. The van der Waals surface area contributed by atoms with Gasteiger partial charge < -0.3 is 10.6 Å². The number of benzene rings is 1. The fraction of sp³-hybridized carbons (Fsp3) is 0.444. The lowest BCUT2D eigenvalue weighted by Crippen LogP contribution is -2.31. The summed E-state index contributed by atoms with van der Waals surface area (Å²) in [6.45, 7) is 2.34. The summed E-state index contributed by atoms with van der Waals surface area (Å²) < 4.78 is 1.96. The third kappa shape index (κ3) is 3.99. The Hall–Kier alpha value is -2.14. The van der Waals surface area contributed by atoms with Gasteiger partial charge in [-0.1, -0.05) is 43.2 Å². The summed E-state index contributed by atoms with van der Waals surface area (Å²) in [6, 6.07) is 12.6. The van der Waals surface area contributed by atoms with Crippen LogP contribution in [-0.4, -0.2) is 22.2 Å². The van der Waals surface area contributed by atoms with E-state index in [9.17, 15) is 4.79 Å². The summed E-state index contributed by atoms with van der Waals surface area (Å²) in [6.07, 6.45) is 6.54. The van der Waals surface area contributed by atoms with Crippen molar-refractivity contribution < 1.29 is 4.79 Å². The summed E-state index contributed by atoms with van der Waals surface area (Å²) in [5.41, 5.74) is 1.18. The molecule has 1 aliphatic rings. The van der Waals surface area contributed by atoms with Gasteiger partial charge in [0.05, 0.1) is 18.8 Å². The topological polar surface area (TPSA) is 59.0 Å². The van der Waals surface area contributed by atoms with E-state index in [2.05, 4.69) is 34.8 Å². The molecule has 5 nitrogen and oxygen atoms in total. The highest BCUT2D eigenvalue weighted by molar-refractivity contribution is 5.91. The van der Waals surface area contributed by atoms with Crippen LogP contribution in [0.5, 0.6) is 0 Å². The first kappa shape index (κ1) is 15.7. The SMILES string of the molecule is C[C@@H](NCC(=O)Nc1ccnn1C1CCCC1)c1ccccc1. The Balaban J connectivity index is 1.53. The van der Waals surface area contributed by atoms with Gasteiger partial charge in [-0.25, -0.2) is 4.68 Å². The lowest BCUT2D eigenvalue weighted by atomic mass is 10.1. The number of rotatable bonds is 6. The Morgan fingerprint density at radius 3 is 2.74 bits per heavy atom. The van der Waals surface area contributed by atoms with Gasteiger partial charge in [0.25, 0.3) is 0 Å². The Labute approximate surface area is 137 Å². The fourth-order valence-corrected chi connectivity index (χ4v) is 3.15. The van der Waals surface area contributed by atoms with E-state index in [1.165, 1.54) is 18.4 Å². The van der Waals surface area contributed by atoms with E-state index >= 15 is 0 Å². The third-order valence-electron chi connectivity index (χ3n) is 4.48. The van der Waals surface area contributed by atoms with Gasteiger partial charge in [-0.15, -0.1) is 0 Å². The molecule has 3 rings (SSSR count). The number of nitrogens with zero attached hydrogens (tertiary/aromatic N) is 2. The number of hydrogen-bond donors (Lipinski definition) is 2. The molecular formula is C18H24N4O. The minimum atomic E-state index is -0.0347. The van der Waals surface area contributed by atoms with Gasteiger partial charge in [0.1, 0.15) is 5.82 Å². The molecule has 1 fully saturated rings. The standard InChI is InChI=1S/C18H24N4O/c1-14(15-7-3-2-4-8-15)19-13-18(23)21-17-11-12-20-22(17)16-9-5-6-10-16/h2-4,7-8,11-12,14,16,19H,5-6,9-10,13H2,1H3,(H,21,23)/t14-/m1/s1. The van der Waals surface area contributed by atoms with E-state index in [0.29, 0.717) is 6.04 Å². The normalized spacial score (nSPS) is 16.4. The van der Waals surface area contributed by atoms with E-state index in [0.717, 1.165) is 18.7 Å². The van der Waals surface area contributed by atoms with Crippen molar-refractivity contribution >= 4 is 11.7 Å². The maximum absolute atomic E-state index is 12.2. The second-order valence-electron chi connectivity index (χ2n) is 6.16. The Morgan fingerprint density at radius 2 is 2.00 bits per heavy atom. The van der Waals surface area contributed by atoms with Gasteiger partial charge in [-0.3, -0.25) is 4.79 Å². The lowest BCUT2D eigenvalue weighted by Gasteiger charge is -2.16. The molecule has 1 atom stereocenters. The van der Waals surface area contributed by atoms with E-state index in [1.54, 1.807) is 6.20 Å². The van der Waals surface area contributed by atoms with Gasteiger partial charge in [-0.05, 0) is 25.3 Å². The molecule has 1 aromatic carbocycles. The quantitative estimate of drug-likeness (QED) is 0.860. The summed E-state index contributed by atoms with van der Waals surface area (Å²) in [7, 11) is 0. The number of carbonyl (C=O) groups is 1. The maximum atomic E-state index is 12.2. The zero-order chi connectivity index (χ0) is 16.1. The van der Waals surface area contributed by atoms with Crippen molar-refractivity contribution in [3.8, 4) is 0 Å². The molecule has 1 aliphatic carbocycles. The molecule has 0 unspecified atom stereocenters. The highest BCUT2D eigenvalue weighted by Crippen LogP contribution is 2.31. The van der Waals surface area contributed by atoms with Gasteiger partial charge in [0.15, 0.2) is 0 Å².